The molecule has 0 atom stereocenters. The van der Waals surface area contributed by atoms with Crippen LogP contribution in [0.1, 0.15) is 11.1 Å². The molecule has 0 amide bonds. The van der Waals surface area contributed by atoms with Crippen molar-refractivity contribution in [3.05, 3.63) is 152 Å². The molecule has 0 N–H and O–H groups in total. The first kappa shape index (κ1) is 47.4. The third-order valence-electron chi connectivity index (χ3n) is 8.50. The van der Waals surface area contributed by atoms with Gasteiger partial charge in [-0.05, 0) is 12.1 Å². The van der Waals surface area contributed by atoms with E-state index in [1.807, 2.05) is 0 Å². The average Bonchev–Trinajstić information content (AvgIpc) is 3.17. The van der Waals surface area contributed by atoms with Crippen LogP contribution in [-0.4, -0.2) is 18.7 Å². The van der Waals surface area contributed by atoms with Crippen LogP contribution in [0.2, 0.25) is 0 Å². The normalized spacial score (nSPS) is 12.2. The van der Waals surface area contributed by atoms with E-state index in [4.69, 9.17) is 0 Å². The Morgan fingerprint density at radius 3 is 0.717 bits per heavy atom. The Morgan fingerprint density at radius 2 is 0.550 bits per heavy atom. The molecular weight excluding hydrogens is 904 g/mol. The van der Waals surface area contributed by atoms with E-state index in [1.165, 1.54) is 12.1 Å². The van der Waals surface area contributed by atoms with Crippen molar-refractivity contribution in [1.29, 1.82) is 0 Å². The first-order valence-electron chi connectivity index (χ1n) is 15.2. The topological polar surface area (TPSA) is 17.1 Å². The van der Waals surface area contributed by atoms with Gasteiger partial charge >= 0.3 is 6.18 Å². The van der Waals surface area contributed by atoms with Gasteiger partial charge in [-0.2, -0.15) is 13.2 Å². The van der Waals surface area contributed by atoms with Gasteiger partial charge in [0, 0.05) is 5.56 Å². The van der Waals surface area contributed by atoms with Gasteiger partial charge in [-0.15, -0.1) is 26.1 Å². The monoisotopic (exact) mass is 916 g/mol. The molecule has 5 rings (SSSR count). The smallest absolute Gasteiger partial charge is 0.207 e. The number of alkyl halides is 3. The summed E-state index contributed by atoms with van der Waals surface area (Å²) in [4.78, 5) is 0. The van der Waals surface area contributed by atoms with E-state index in [2.05, 4.69) is 0 Å². The summed E-state index contributed by atoms with van der Waals surface area (Å²) in [5.74, 6) is -71.1. The SMILES string of the molecule is C[S+](C)(=O)Cc1ccc(C(F)(F)F)cc1.Fc1c(F)c(F)c([B-](c2c(F)c(F)c(F)c(F)c2F)(c2c(F)c(F)c(F)c(F)c2F)c2c(F)c(F)c(F)c(F)c2F)c(F)c1F. The zero-order chi connectivity index (χ0) is 46.0. The molecule has 60 heavy (non-hydrogen) atoms. The molecule has 0 fully saturated rings. The number of hydrogen-bond donors (Lipinski definition) is 0. The summed E-state index contributed by atoms with van der Waals surface area (Å²) < 4.78 is 342. The number of halogens is 23. The molecule has 0 aliphatic rings. The maximum atomic E-state index is 15.4. The highest BCUT2D eigenvalue weighted by atomic mass is 32.2. The highest BCUT2D eigenvalue weighted by Crippen LogP contribution is 2.32. The van der Waals surface area contributed by atoms with E-state index in [9.17, 15) is 70.1 Å². The molecule has 0 spiro atoms. The van der Waals surface area contributed by atoms with Crippen LogP contribution < -0.4 is 21.9 Å². The van der Waals surface area contributed by atoms with Gasteiger partial charge in [0.1, 0.15) is 70.9 Å². The number of rotatable bonds is 6. The number of hydrogen-bond acceptors (Lipinski definition) is 1. The van der Waals surface area contributed by atoms with Crippen LogP contribution in [0.5, 0.6) is 0 Å². The van der Waals surface area contributed by atoms with Gasteiger partial charge in [0.2, 0.25) is 0 Å². The van der Waals surface area contributed by atoms with Gasteiger partial charge < -0.3 is 0 Å². The van der Waals surface area contributed by atoms with Crippen LogP contribution in [0.3, 0.4) is 0 Å². The van der Waals surface area contributed by atoms with Crippen LogP contribution in [0.15, 0.2) is 24.3 Å². The predicted molar refractivity (Wildman–Crippen MR) is 164 cm³/mol. The van der Waals surface area contributed by atoms with Gasteiger partial charge in [0.05, 0.1) is 15.5 Å². The van der Waals surface area contributed by atoms with Crippen LogP contribution in [0.25, 0.3) is 0 Å². The predicted octanol–water partition coefficient (Wildman–Crippen LogP) is 8.81. The second kappa shape index (κ2) is 16.3. The molecule has 0 aliphatic heterocycles. The standard InChI is InChI=1S/C24BF20.C10H12F3OS/c26-5-1(6(27)14(35)21(42)13(5)34)25(2-7(28)15(36)22(43)16(37)8(2)29,3-9(30)17(38)23(44)18(39)10(3)31)4-11(32)19(40)24(45)20(41)12(4)33;1-15(2,14)7-8-3-5-9(6-4-8)10(11,12)13/h;3-6H,7H2,1-2H3/q-1;+1. The highest BCUT2D eigenvalue weighted by Gasteiger charge is 2.52. The molecule has 1 nitrogen and oxygen atoms in total. The maximum Gasteiger partial charge on any atom is 0.416 e. The molecule has 26 heteroatoms. The van der Waals surface area contributed by atoms with Gasteiger partial charge in [-0.1, -0.05) is 12.1 Å². The Morgan fingerprint density at radius 1 is 0.367 bits per heavy atom. The van der Waals surface area contributed by atoms with E-state index in [1.54, 1.807) is 12.5 Å². The Hall–Kier alpha value is -5.30. The molecule has 0 aliphatic carbocycles. The fourth-order valence-corrected chi connectivity index (χ4v) is 7.06. The minimum atomic E-state index is -7.22. The summed E-state index contributed by atoms with van der Waals surface area (Å²) in [6.07, 6.45) is -8.35. The molecule has 0 heterocycles. The van der Waals surface area contributed by atoms with E-state index >= 15 is 35.1 Å². The largest absolute Gasteiger partial charge is 0.416 e. The molecule has 5 aromatic rings. The van der Waals surface area contributed by atoms with Crippen molar-refractivity contribution in [1.82, 2.24) is 0 Å². The summed E-state index contributed by atoms with van der Waals surface area (Å²) in [7, 11) is -1.96. The van der Waals surface area contributed by atoms with Crippen molar-refractivity contribution >= 4 is 37.9 Å². The van der Waals surface area contributed by atoms with E-state index < -0.39 is 166 Å². The Kier molecular flexibility index (Phi) is 12.9. The van der Waals surface area contributed by atoms with Crippen molar-refractivity contribution < 1.29 is 105 Å². The third kappa shape index (κ3) is 7.65. The van der Waals surface area contributed by atoms with E-state index in [0.29, 0.717) is 11.3 Å². The summed E-state index contributed by atoms with van der Waals surface area (Å²) >= 11 is 0. The molecule has 5 aromatic carbocycles. The van der Waals surface area contributed by atoms with Crippen LogP contribution in [0.4, 0.5) is 101 Å². The fraction of sp³-hybridized carbons (Fsp3) is 0.118. The van der Waals surface area contributed by atoms with Gasteiger partial charge in [-0.25, -0.2) is 87.8 Å². The van der Waals surface area contributed by atoms with Gasteiger partial charge in [-0.3, -0.25) is 0 Å². The summed E-state index contributed by atoms with van der Waals surface area (Å²) in [6, 6.07) is 4.77. The molecule has 0 unspecified atom stereocenters. The lowest BCUT2D eigenvalue weighted by Gasteiger charge is -2.44. The third-order valence-corrected chi connectivity index (χ3v) is 9.53. The molecule has 324 valence electrons. The second-order valence-corrected chi connectivity index (χ2v) is 15.7. The fourth-order valence-electron chi connectivity index (χ4n) is 6.07. The maximum absolute atomic E-state index is 15.4. The van der Waals surface area contributed by atoms with Crippen LogP contribution >= 0.6 is 0 Å². The van der Waals surface area contributed by atoms with Crippen molar-refractivity contribution in [2.75, 3.05) is 12.5 Å². The first-order chi connectivity index (χ1) is 27.4. The average molecular weight is 916 g/mol. The molecule has 0 saturated heterocycles. The van der Waals surface area contributed by atoms with Crippen molar-refractivity contribution in [3.8, 4) is 0 Å². The first-order valence-corrected chi connectivity index (χ1v) is 17.7. The van der Waals surface area contributed by atoms with Gasteiger partial charge in [0.25, 0.3) is 0 Å². The molecule has 0 bridgehead atoms. The van der Waals surface area contributed by atoms with Crippen molar-refractivity contribution in [2.45, 2.75) is 11.9 Å². The van der Waals surface area contributed by atoms with Crippen LogP contribution in [-0.2, 0) is 26.1 Å². The van der Waals surface area contributed by atoms with E-state index in [0.717, 1.165) is 12.1 Å². The summed E-state index contributed by atoms with van der Waals surface area (Å²) in [5, 5.41) is 0. The zero-order valence-corrected chi connectivity index (χ0v) is 29.4. The molecular formula is C34H12BF23OS. The lowest BCUT2D eigenvalue weighted by Crippen LogP contribution is -2.81. The Bertz CT molecular complexity index is 2220. The Balaban J connectivity index is 0.000000445. The second-order valence-electron chi connectivity index (χ2n) is 12.6. The van der Waals surface area contributed by atoms with E-state index in [-0.39, 0.29) is 0 Å². The summed E-state index contributed by atoms with van der Waals surface area (Å²) in [5.41, 5.74) is -14.3. The summed E-state index contributed by atoms with van der Waals surface area (Å²) in [6.45, 7) is 0. The zero-order valence-electron chi connectivity index (χ0n) is 28.6. The van der Waals surface area contributed by atoms with Crippen LogP contribution in [0, 0.1) is 116 Å². The van der Waals surface area contributed by atoms with Crippen molar-refractivity contribution in [2.24, 2.45) is 0 Å². The van der Waals surface area contributed by atoms with Gasteiger partial charge in [0.15, 0.2) is 69.8 Å². The molecule has 0 radical (unpaired) electrons. The highest BCUT2D eigenvalue weighted by molar-refractivity contribution is 8.00. The molecule has 0 aromatic heterocycles. The minimum Gasteiger partial charge on any atom is -0.207 e. The number of benzene rings is 5. The lowest BCUT2D eigenvalue weighted by atomic mass is 9.12. The quantitative estimate of drug-likeness (QED) is 0.0548. The Labute approximate surface area is 319 Å². The minimum absolute atomic E-state index is 0.311. The van der Waals surface area contributed by atoms with Crippen molar-refractivity contribution in [3.63, 3.8) is 0 Å². The molecule has 0 saturated carbocycles. The lowest BCUT2D eigenvalue weighted by molar-refractivity contribution is -0.137.